The van der Waals surface area contributed by atoms with E-state index in [1.807, 2.05) is 24.3 Å². The third-order valence-corrected chi connectivity index (χ3v) is 5.89. The predicted octanol–water partition coefficient (Wildman–Crippen LogP) is 3.16. The molecule has 0 aromatic heterocycles. The van der Waals surface area contributed by atoms with Crippen LogP contribution in [0.1, 0.15) is 21.5 Å². The second-order valence-electron chi connectivity index (χ2n) is 6.20. The molecule has 3 N–H and O–H groups in total. The number of nitrogens with two attached hydrogens (primary N) is 1. The summed E-state index contributed by atoms with van der Waals surface area (Å²) >= 11 is 0. The van der Waals surface area contributed by atoms with Gasteiger partial charge in [0.15, 0.2) is 0 Å². The first-order valence-corrected chi connectivity index (χ1v) is 9.56. The van der Waals surface area contributed by atoms with Crippen LogP contribution in [0.5, 0.6) is 0 Å². The van der Waals surface area contributed by atoms with Crippen molar-refractivity contribution in [3.8, 4) is 11.1 Å². The van der Waals surface area contributed by atoms with Gasteiger partial charge in [0, 0.05) is 11.3 Å². The summed E-state index contributed by atoms with van der Waals surface area (Å²) in [5.41, 5.74) is 10.6. The Morgan fingerprint density at radius 2 is 1.58 bits per heavy atom. The van der Waals surface area contributed by atoms with Crippen LogP contribution in [0.15, 0.2) is 71.6 Å². The molecule has 3 aromatic rings. The number of primary amides is 1. The number of rotatable bonds is 4. The summed E-state index contributed by atoms with van der Waals surface area (Å²) in [5.74, 6) is -0.597. The molecular formula is C20H16N2O3S. The van der Waals surface area contributed by atoms with E-state index < -0.39 is 15.9 Å². The third kappa shape index (κ3) is 2.84. The topological polar surface area (TPSA) is 89.3 Å². The quantitative estimate of drug-likeness (QED) is 0.583. The Kier molecular flexibility index (Phi) is 3.77. The second-order valence-corrected chi connectivity index (χ2v) is 7.88. The maximum absolute atomic E-state index is 12.6. The molecule has 0 unspecified atom stereocenters. The van der Waals surface area contributed by atoms with E-state index in [0.29, 0.717) is 5.69 Å². The smallest absolute Gasteiger partial charge is 0.261 e. The summed E-state index contributed by atoms with van der Waals surface area (Å²) in [6, 6.07) is 19.3. The van der Waals surface area contributed by atoms with E-state index in [1.54, 1.807) is 6.07 Å². The monoisotopic (exact) mass is 364 g/mol. The minimum absolute atomic E-state index is 0.0753. The van der Waals surface area contributed by atoms with Crippen LogP contribution < -0.4 is 10.5 Å². The lowest BCUT2D eigenvalue weighted by Gasteiger charge is -2.10. The highest BCUT2D eigenvalue weighted by Gasteiger charge is 2.20. The number of carbonyl (C=O) groups is 1. The molecule has 0 saturated carbocycles. The zero-order valence-corrected chi connectivity index (χ0v) is 14.6. The van der Waals surface area contributed by atoms with E-state index in [1.165, 1.54) is 35.4 Å². The minimum Gasteiger partial charge on any atom is -0.366 e. The van der Waals surface area contributed by atoms with Gasteiger partial charge in [-0.1, -0.05) is 30.3 Å². The van der Waals surface area contributed by atoms with Gasteiger partial charge in [-0.2, -0.15) is 0 Å². The van der Waals surface area contributed by atoms with E-state index >= 15 is 0 Å². The fourth-order valence-electron chi connectivity index (χ4n) is 3.22. The molecule has 0 heterocycles. The number of nitrogens with one attached hydrogen (secondary N) is 1. The maximum atomic E-state index is 12.6. The van der Waals surface area contributed by atoms with E-state index in [-0.39, 0.29) is 10.5 Å². The number of benzene rings is 3. The molecule has 5 nitrogen and oxygen atoms in total. The largest absolute Gasteiger partial charge is 0.366 e. The highest BCUT2D eigenvalue weighted by atomic mass is 32.2. The highest BCUT2D eigenvalue weighted by Crippen LogP contribution is 2.37. The molecule has 4 rings (SSSR count). The van der Waals surface area contributed by atoms with Gasteiger partial charge in [0.25, 0.3) is 10.0 Å². The van der Waals surface area contributed by atoms with Crippen LogP contribution in [0, 0.1) is 0 Å². The molecule has 26 heavy (non-hydrogen) atoms. The fraction of sp³-hybridized carbons (Fsp3) is 0.0500. The van der Waals surface area contributed by atoms with Crippen molar-refractivity contribution in [2.45, 2.75) is 11.3 Å². The maximum Gasteiger partial charge on any atom is 0.261 e. The van der Waals surface area contributed by atoms with Crippen LogP contribution in [0.3, 0.4) is 0 Å². The van der Waals surface area contributed by atoms with Crippen molar-refractivity contribution in [3.63, 3.8) is 0 Å². The lowest BCUT2D eigenvalue weighted by atomic mass is 10.1. The van der Waals surface area contributed by atoms with Gasteiger partial charge in [0.05, 0.1) is 4.90 Å². The van der Waals surface area contributed by atoms with Crippen LogP contribution in [0.25, 0.3) is 11.1 Å². The first-order valence-electron chi connectivity index (χ1n) is 8.08. The number of carbonyl (C=O) groups excluding carboxylic acids is 1. The summed E-state index contributed by atoms with van der Waals surface area (Å²) in [6.45, 7) is 0. The highest BCUT2D eigenvalue weighted by molar-refractivity contribution is 7.92. The zero-order chi connectivity index (χ0) is 18.3. The van der Waals surface area contributed by atoms with Crippen molar-refractivity contribution in [2.24, 2.45) is 5.73 Å². The molecular weight excluding hydrogens is 348 g/mol. The molecule has 6 heteroatoms. The molecule has 1 aliphatic carbocycles. The summed E-state index contributed by atoms with van der Waals surface area (Å²) in [7, 11) is -3.74. The van der Waals surface area contributed by atoms with Crippen molar-refractivity contribution >= 4 is 21.6 Å². The Morgan fingerprint density at radius 3 is 2.31 bits per heavy atom. The fourth-order valence-corrected chi connectivity index (χ4v) is 4.27. The van der Waals surface area contributed by atoms with Crippen LogP contribution in [-0.2, 0) is 16.4 Å². The van der Waals surface area contributed by atoms with Gasteiger partial charge in [-0.25, -0.2) is 8.42 Å². The molecule has 3 aromatic carbocycles. The van der Waals surface area contributed by atoms with Gasteiger partial charge in [-0.05, 0) is 65.1 Å². The predicted molar refractivity (Wildman–Crippen MR) is 100 cm³/mol. The molecule has 130 valence electrons. The molecule has 1 aliphatic rings. The Labute approximate surface area is 151 Å². The number of sulfonamides is 1. The molecule has 0 fully saturated rings. The van der Waals surface area contributed by atoms with Crippen LogP contribution in [-0.4, -0.2) is 14.3 Å². The van der Waals surface area contributed by atoms with E-state index in [0.717, 1.165) is 17.5 Å². The first kappa shape index (κ1) is 16.4. The Balaban J connectivity index is 1.61. The van der Waals surface area contributed by atoms with E-state index in [9.17, 15) is 13.2 Å². The van der Waals surface area contributed by atoms with E-state index in [2.05, 4.69) is 16.9 Å². The van der Waals surface area contributed by atoms with Crippen LogP contribution in [0.4, 0.5) is 5.69 Å². The number of hydrogen-bond acceptors (Lipinski definition) is 3. The summed E-state index contributed by atoms with van der Waals surface area (Å²) in [4.78, 5) is 11.2. The first-order chi connectivity index (χ1) is 12.4. The van der Waals surface area contributed by atoms with Gasteiger partial charge in [0.1, 0.15) is 0 Å². The lowest BCUT2D eigenvalue weighted by Crippen LogP contribution is -2.14. The molecule has 0 saturated heterocycles. The number of amides is 1. The molecule has 0 radical (unpaired) electrons. The average molecular weight is 364 g/mol. The van der Waals surface area contributed by atoms with E-state index in [4.69, 9.17) is 5.73 Å². The van der Waals surface area contributed by atoms with Gasteiger partial charge < -0.3 is 5.73 Å². The SMILES string of the molecule is NC(=O)c1ccc(S(=O)(=O)Nc2ccc3c(c2)Cc2ccccc2-3)cc1. The normalized spacial score (nSPS) is 12.3. The van der Waals surface area contributed by atoms with Crippen molar-refractivity contribution in [2.75, 3.05) is 4.72 Å². The third-order valence-electron chi connectivity index (χ3n) is 4.50. The Bertz CT molecular complexity index is 1120. The lowest BCUT2D eigenvalue weighted by molar-refractivity contribution is 0.1000. The number of hydrogen-bond donors (Lipinski definition) is 2. The summed E-state index contributed by atoms with van der Waals surface area (Å²) < 4.78 is 27.7. The molecule has 0 atom stereocenters. The molecule has 1 amide bonds. The Hall–Kier alpha value is -3.12. The van der Waals surface area contributed by atoms with Crippen molar-refractivity contribution < 1.29 is 13.2 Å². The van der Waals surface area contributed by atoms with Crippen molar-refractivity contribution in [3.05, 3.63) is 83.4 Å². The number of fused-ring (bicyclic) bond motifs is 3. The molecule has 0 bridgehead atoms. The zero-order valence-electron chi connectivity index (χ0n) is 13.8. The second kappa shape index (κ2) is 6.00. The van der Waals surface area contributed by atoms with Gasteiger partial charge >= 0.3 is 0 Å². The van der Waals surface area contributed by atoms with Gasteiger partial charge in [0.2, 0.25) is 5.91 Å². The number of anilines is 1. The summed E-state index contributed by atoms with van der Waals surface area (Å²) in [5, 5.41) is 0. The molecule has 0 aliphatic heterocycles. The van der Waals surface area contributed by atoms with Crippen LogP contribution >= 0.6 is 0 Å². The van der Waals surface area contributed by atoms with Crippen molar-refractivity contribution in [1.29, 1.82) is 0 Å². The van der Waals surface area contributed by atoms with Gasteiger partial charge in [-0.15, -0.1) is 0 Å². The average Bonchev–Trinajstić information content (AvgIpc) is 2.99. The Morgan fingerprint density at radius 1 is 0.885 bits per heavy atom. The minimum atomic E-state index is -3.74. The standard InChI is InChI=1S/C20H16N2O3S/c21-20(23)13-5-8-17(9-6-13)26(24,25)22-16-7-10-19-15(12-16)11-14-3-1-2-4-18(14)19/h1-10,12,22H,11H2,(H2,21,23). The molecule has 0 spiro atoms. The summed E-state index contributed by atoms with van der Waals surface area (Å²) in [6.07, 6.45) is 0.786. The van der Waals surface area contributed by atoms with Gasteiger partial charge in [-0.3, -0.25) is 9.52 Å². The van der Waals surface area contributed by atoms with Crippen molar-refractivity contribution in [1.82, 2.24) is 0 Å². The van der Waals surface area contributed by atoms with Crippen LogP contribution in [0.2, 0.25) is 0 Å².